The van der Waals surface area contributed by atoms with E-state index in [-0.39, 0.29) is 29.4 Å². The van der Waals surface area contributed by atoms with Crippen molar-refractivity contribution in [3.63, 3.8) is 0 Å². The third-order valence-corrected chi connectivity index (χ3v) is 8.56. The maximum absolute atomic E-state index is 13.5. The molecule has 35 heavy (non-hydrogen) atoms. The van der Waals surface area contributed by atoms with Crippen molar-refractivity contribution < 1.29 is 13.2 Å². The molecule has 5 rings (SSSR count). The zero-order valence-corrected chi connectivity index (χ0v) is 20.8. The fourth-order valence-electron chi connectivity index (χ4n) is 4.20. The van der Waals surface area contributed by atoms with Gasteiger partial charge in [-0.25, -0.2) is 13.4 Å². The highest BCUT2D eigenvalue weighted by atomic mass is 35.5. The number of ether oxygens (including phenoxy) is 1. The summed E-state index contributed by atoms with van der Waals surface area (Å²) in [4.78, 5) is 19.4. The molecule has 0 N–H and O–H groups in total. The number of anilines is 1. The largest absolute Gasteiger partial charge is 0.486 e. The second kappa shape index (κ2) is 9.60. The van der Waals surface area contributed by atoms with Crippen LogP contribution >= 0.6 is 11.6 Å². The first-order valence-corrected chi connectivity index (χ1v) is 13.3. The number of piperazine rings is 1. The van der Waals surface area contributed by atoms with Crippen LogP contribution in [0.25, 0.3) is 5.69 Å². The predicted molar refractivity (Wildman–Crippen MR) is 133 cm³/mol. The molecule has 2 aromatic heterocycles. The topological polar surface area (TPSA) is 97.6 Å². The minimum atomic E-state index is -3.68. The summed E-state index contributed by atoms with van der Waals surface area (Å²) in [5.74, 6) is 1.23. The van der Waals surface area contributed by atoms with E-state index in [0.717, 1.165) is 6.42 Å². The van der Waals surface area contributed by atoms with Crippen LogP contribution in [0.15, 0.2) is 64.7 Å². The molecular formula is C24H26ClN5O4S. The molecule has 0 amide bonds. The fraction of sp³-hybridized carbons (Fsp3) is 0.375. The lowest BCUT2D eigenvalue weighted by molar-refractivity contribution is 0.286. The lowest BCUT2D eigenvalue weighted by atomic mass is 10.3. The van der Waals surface area contributed by atoms with Gasteiger partial charge in [0.25, 0.3) is 10.0 Å². The van der Waals surface area contributed by atoms with Gasteiger partial charge in [0.05, 0.1) is 18.5 Å². The Bertz CT molecular complexity index is 1370. The molecule has 1 aliphatic heterocycles. The summed E-state index contributed by atoms with van der Waals surface area (Å²) in [6.45, 7) is 3.92. The van der Waals surface area contributed by atoms with E-state index in [4.69, 9.17) is 16.3 Å². The molecule has 3 aromatic rings. The van der Waals surface area contributed by atoms with Crippen LogP contribution in [0.2, 0.25) is 5.02 Å². The van der Waals surface area contributed by atoms with Gasteiger partial charge in [0.15, 0.2) is 5.03 Å². The van der Waals surface area contributed by atoms with Crippen LogP contribution in [0, 0.1) is 11.8 Å². The van der Waals surface area contributed by atoms with Crippen molar-refractivity contribution in [2.24, 2.45) is 11.8 Å². The molecule has 184 valence electrons. The van der Waals surface area contributed by atoms with E-state index in [1.807, 2.05) is 4.90 Å². The Morgan fingerprint density at radius 2 is 1.89 bits per heavy atom. The molecule has 1 aliphatic carbocycles. The summed E-state index contributed by atoms with van der Waals surface area (Å²) < 4.78 is 34.7. The van der Waals surface area contributed by atoms with Crippen LogP contribution in [-0.4, -0.2) is 60.3 Å². The van der Waals surface area contributed by atoms with Gasteiger partial charge in [-0.1, -0.05) is 30.7 Å². The average Bonchev–Trinajstić information content (AvgIpc) is 3.58. The number of aromatic nitrogens is 3. The van der Waals surface area contributed by atoms with Crippen LogP contribution in [0.5, 0.6) is 5.75 Å². The van der Waals surface area contributed by atoms with Gasteiger partial charge in [0.1, 0.15) is 5.69 Å². The molecule has 2 aliphatic rings. The molecule has 9 nitrogen and oxygen atoms in total. The van der Waals surface area contributed by atoms with E-state index in [0.29, 0.717) is 47.9 Å². The minimum absolute atomic E-state index is 0.0295. The number of rotatable bonds is 7. The highest BCUT2D eigenvalue weighted by Crippen LogP contribution is 2.38. The summed E-state index contributed by atoms with van der Waals surface area (Å²) in [7, 11) is -3.68. The molecule has 0 spiro atoms. The van der Waals surface area contributed by atoms with Gasteiger partial charge in [-0.05, 0) is 48.6 Å². The van der Waals surface area contributed by atoms with E-state index in [2.05, 4.69) is 17.0 Å². The molecule has 1 aromatic carbocycles. The van der Waals surface area contributed by atoms with E-state index in [1.54, 1.807) is 42.6 Å². The number of benzene rings is 1. The number of hydrogen-bond acceptors (Lipinski definition) is 7. The number of pyridine rings is 1. The second-order valence-electron chi connectivity index (χ2n) is 8.90. The molecule has 1 saturated carbocycles. The summed E-state index contributed by atoms with van der Waals surface area (Å²) in [5.41, 5.74) is 0.739. The predicted octanol–water partition coefficient (Wildman–Crippen LogP) is 2.83. The molecule has 2 fully saturated rings. The van der Waals surface area contributed by atoms with Crippen LogP contribution in [-0.2, 0) is 10.0 Å². The SMILES string of the molecule is CC1CC1COc1c(N2CCN(S(=O)(=O)c3ccccn3)CC2)cnn(-c2cccc(Cl)c2)c1=O. The van der Waals surface area contributed by atoms with Gasteiger partial charge in [0.2, 0.25) is 5.75 Å². The van der Waals surface area contributed by atoms with Crippen molar-refractivity contribution in [3.8, 4) is 11.4 Å². The quantitative estimate of drug-likeness (QED) is 0.477. The Balaban J connectivity index is 1.41. The first kappa shape index (κ1) is 23.8. The van der Waals surface area contributed by atoms with Crippen LogP contribution in [0.1, 0.15) is 13.3 Å². The maximum atomic E-state index is 13.5. The Hall–Kier alpha value is -2.95. The summed E-state index contributed by atoms with van der Waals surface area (Å²) >= 11 is 6.12. The maximum Gasteiger partial charge on any atom is 0.316 e. The first-order valence-electron chi connectivity index (χ1n) is 11.5. The van der Waals surface area contributed by atoms with Crippen LogP contribution < -0.4 is 15.2 Å². The van der Waals surface area contributed by atoms with E-state index < -0.39 is 10.0 Å². The van der Waals surface area contributed by atoms with Crippen LogP contribution in [0.4, 0.5) is 5.69 Å². The Morgan fingerprint density at radius 3 is 2.54 bits per heavy atom. The van der Waals surface area contributed by atoms with Gasteiger partial charge < -0.3 is 9.64 Å². The Morgan fingerprint density at radius 1 is 1.11 bits per heavy atom. The number of hydrogen-bond donors (Lipinski definition) is 0. The van der Waals surface area contributed by atoms with Crippen molar-refractivity contribution >= 4 is 27.3 Å². The summed E-state index contributed by atoms with van der Waals surface area (Å²) in [5, 5.41) is 4.91. The highest BCUT2D eigenvalue weighted by Gasteiger charge is 2.35. The van der Waals surface area contributed by atoms with Crippen molar-refractivity contribution in [1.82, 2.24) is 19.1 Å². The highest BCUT2D eigenvalue weighted by molar-refractivity contribution is 7.89. The Kier molecular flexibility index (Phi) is 6.52. The standard InChI is InChI=1S/C24H26ClN5O4S/c1-17-13-18(17)16-34-23-21(15-27-30(24(23)31)20-6-4-5-19(25)14-20)28-9-11-29(12-10-28)35(32,33)22-7-2-3-8-26-22/h2-8,14-15,17-18H,9-13,16H2,1H3. The van der Waals surface area contributed by atoms with Gasteiger partial charge in [-0.3, -0.25) is 4.79 Å². The molecule has 2 atom stereocenters. The van der Waals surface area contributed by atoms with Crippen LogP contribution in [0.3, 0.4) is 0 Å². The lowest BCUT2D eigenvalue weighted by Crippen LogP contribution is -2.49. The average molecular weight is 516 g/mol. The van der Waals surface area contributed by atoms with Crippen molar-refractivity contribution in [2.45, 2.75) is 18.4 Å². The number of nitrogens with zero attached hydrogens (tertiary/aromatic N) is 5. The molecule has 11 heteroatoms. The van der Waals surface area contributed by atoms with E-state index >= 15 is 0 Å². The molecule has 0 bridgehead atoms. The van der Waals surface area contributed by atoms with Crippen molar-refractivity contribution in [3.05, 3.63) is 70.2 Å². The fourth-order valence-corrected chi connectivity index (χ4v) is 5.74. The number of halogens is 1. The third kappa shape index (κ3) is 4.91. The zero-order valence-electron chi connectivity index (χ0n) is 19.2. The third-order valence-electron chi connectivity index (χ3n) is 6.51. The van der Waals surface area contributed by atoms with Gasteiger partial charge >= 0.3 is 5.56 Å². The summed E-state index contributed by atoms with van der Waals surface area (Å²) in [6.07, 6.45) is 4.15. The normalized spacial score (nSPS) is 20.6. The summed E-state index contributed by atoms with van der Waals surface area (Å²) in [6, 6.07) is 11.7. The van der Waals surface area contributed by atoms with Crippen molar-refractivity contribution in [2.75, 3.05) is 37.7 Å². The zero-order chi connectivity index (χ0) is 24.6. The lowest BCUT2D eigenvalue weighted by Gasteiger charge is -2.35. The molecule has 0 radical (unpaired) electrons. The first-order chi connectivity index (χ1) is 16.8. The van der Waals surface area contributed by atoms with Gasteiger partial charge in [-0.15, -0.1) is 0 Å². The van der Waals surface area contributed by atoms with E-state index in [9.17, 15) is 13.2 Å². The molecule has 1 saturated heterocycles. The van der Waals surface area contributed by atoms with Crippen molar-refractivity contribution in [1.29, 1.82) is 0 Å². The molecule has 3 heterocycles. The van der Waals surface area contributed by atoms with Gasteiger partial charge in [0, 0.05) is 37.4 Å². The minimum Gasteiger partial charge on any atom is -0.486 e. The monoisotopic (exact) mass is 515 g/mol. The van der Waals surface area contributed by atoms with E-state index in [1.165, 1.54) is 21.3 Å². The molecular weight excluding hydrogens is 490 g/mol. The second-order valence-corrected chi connectivity index (χ2v) is 11.2. The molecule has 2 unspecified atom stereocenters. The number of sulfonamides is 1. The Labute approximate surface area is 209 Å². The smallest absolute Gasteiger partial charge is 0.316 e. The van der Waals surface area contributed by atoms with Gasteiger partial charge in [-0.2, -0.15) is 14.1 Å².